The molecule has 1 aromatic heterocycles. The number of esters is 2. The molecule has 1 aromatic carbocycles. The van der Waals surface area contributed by atoms with Crippen LogP contribution in [0, 0.1) is 6.92 Å². The average molecular weight is 433 g/mol. The van der Waals surface area contributed by atoms with Gasteiger partial charge in [0.25, 0.3) is 0 Å². The van der Waals surface area contributed by atoms with Crippen LogP contribution < -0.4 is 4.74 Å². The number of carbonyl (C=O) groups is 2. The van der Waals surface area contributed by atoms with Gasteiger partial charge in [-0.25, -0.2) is 9.59 Å². The van der Waals surface area contributed by atoms with Gasteiger partial charge in [0.1, 0.15) is 5.75 Å². The molecular formula is C23H22F3NO4. The molecular weight excluding hydrogens is 411 g/mol. The fourth-order valence-corrected chi connectivity index (χ4v) is 4.60. The van der Waals surface area contributed by atoms with Crippen molar-refractivity contribution in [1.82, 2.24) is 4.57 Å². The summed E-state index contributed by atoms with van der Waals surface area (Å²) >= 11 is 0. The number of alkyl halides is 3. The zero-order chi connectivity index (χ0) is 22.5. The van der Waals surface area contributed by atoms with Crippen molar-refractivity contribution in [1.29, 1.82) is 0 Å². The molecule has 2 aliphatic rings. The third kappa shape index (κ3) is 3.64. The van der Waals surface area contributed by atoms with Crippen LogP contribution in [0.4, 0.5) is 13.2 Å². The first-order chi connectivity index (χ1) is 14.6. The van der Waals surface area contributed by atoms with Crippen LogP contribution in [-0.2, 0) is 21.4 Å². The van der Waals surface area contributed by atoms with Gasteiger partial charge in [0.05, 0.1) is 24.7 Å². The van der Waals surface area contributed by atoms with Crippen molar-refractivity contribution >= 4 is 28.4 Å². The number of rotatable bonds is 4. The maximum absolute atomic E-state index is 13.1. The molecule has 4 rings (SSSR count). The van der Waals surface area contributed by atoms with Crippen LogP contribution in [0.1, 0.15) is 43.4 Å². The first-order valence-electron chi connectivity index (χ1n) is 10.0. The van der Waals surface area contributed by atoms with Crippen LogP contribution in [0.15, 0.2) is 34.9 Å². The van der Waals surface area contributed by atoms with Crippen molar-refractivity contribution in [3.63, 3.8) is 0 Å². The summed E-state index contributed by atoms with van der Waals surface area (Å²) in [5.74, 6) is -1.54. The van der Waals surface area contributed by atoms with Crippen LogP contribution in [0.2, 0.25) is 0 Å². The van der Waals surface area contributed by atoms with Gasteiger partial charge in [-0.05, 0) is 62.0 Å². The van der Waals surface area contributed by atoms with Gasteiger partial charge in [0, 0.05) is 29.2 Å². The Labute approximate surface area is 177 Å². The summed E-state index contributed by atoms with van der Waals surface area (Å²) in [5, 5.41) is 0.893. The average Bonchev–Trinajstić information content (AvgIpc) is 3.12. The predicted molar refractivity (Wildman–Crippen MR) is 108 cm³/mol. The van der Waals surface area contributed by atoms with Gasteiger partial charge in [-0.2, -0.15) is 13.2 Å². The SMILES string of the molecule is COc1ccc2c(c1)c(C1=C(C3=C(CC(F)(F)F)C(=O)OC3=O)CCCC1)c(C)n2C. The largest absolute Gasteiger partial charge is 0.497 e. The zero-order valence-corrected chi connectivity index (χ0v) is 17.5. The van der Waals surface area contributed by atoms with Gasteiger partial charge in [-0.15, -0.1) is 0 Å². The third-order valence-electron chi connectivity index (χ3n) is 6.09. The lowest BCUT2D eigenvalue weighted by atomic mass is 9.81. The predicted octanol–water partition coefficient (Wildman–Crippen LogP) is 5.16. The molecule has 5 nitrogen and oxygen atoms in total. The molecule has 2 heterocycles. The highest BCUT2D eigenvalue weighted by Gasteiger charge is 2.42. The van der Waals surface area contributed by atoms with E-state index in [-0.39, 0.29) is 5.57 Å². The number of hydrogen-bond donors (Lipinski definition) is 0. The fraction of sp³-hybridized carbons (Fsp3) is 0.391. The summed E-state index contributed by atoms with van der Waals surface area (Å²) in [7, 11) is 3.48. The van der Waals surface area contributed by atoms with E-state index in [0.29, 0.717) is 24.2 Å². The lowest BCUT2D eigenvalue weighted by Gasteiger charge is -2.22. The number of methoxy groups -OCH3 is 1. The van der Waals surface area contributed by atoms with Gasteiger partial charge < -0.3 is 14.0 Å². The number of ether oxygens (including phenoxy) is 2. The van der Waals surface area contributed by atoms with E-state index in [1.807, 2.05) is 36.7 Å². The number of aryl methyl sites for hydroxylation is 1. The molecule has 1 aliphatic heterocycles. The second-order valence-electron chi connectivity index (χ2n) is 7.89. The second-order valence-corrected chi connectivity index (χ2v) is 7.89. The molecule has 2 aromatic rings. The topological polar surface area (TPSA) is 57.5 Å². The van der Waals surface area contributed by atoms with Gasteiger partial charge in [0.15, 0.2) is 0 Å². The van der Waals surface area contributed by atoms with E-state index in [1.165, 1.54) is 0 Å². The quantitative estimate of drug-likeness (QED) is 0.494. The molecule has 164 valence electrons. The Balaban J connectivity index is 2.01. The Morgan fingerprint density at radius 3 is 2.42 bits per heavy atom. The minimum absolute atomic E-state index is 0.212. The van der Waals surface area contributed by atoms with Gasteiger partial charge >= 0.3 is 18.1 Å². The van der Waals surface area contributed by atoms with Crippen molar-refractivity contribution in [2.45, 2.75) is 45.2 Å². The highest BCUT2D eigenvalue weighted by molar-refractivity contribution is 6.16. The number of aromatic nitrogens is 1. The Morgan fingerprint density at radius 2 is 1.77 bits per heavy atom. The number of fused-ring (bicyclic) bond motifs is 1. The Hall–Kier alpha value is -3.03. The molecule has 0 atom stereocenters. The minimum atomic E-state index is -4.62. The van der Waals surface area contributed by atoms with Crippen molar-refractivity contribution < 1.29 is 32.2 Å². The van der Waals surface area contributed by atoms with E-state index < -0.39 is 30.1 Å². The third-order valence-corrected chi connectivity index (χ3v) is 6.09. The van der Waals surface area contributed by atoms with Crippen molar-refractivity contribution in [2.75, 3.05) is 7.11 Å². The van der Waals surface area contributed by atoms with Gasteiger partial charge in [-0.1, -0.05) is 0 Å². The molecule has 1 aliphatic carbocycles. The minimum Gasteiger partial charge on any atom is -0.497 e. The molecule has 0 fully saturated rings. The molecule has 0 unspecified atom stereocenters. The standard InChI is InChI=1S/C23H22F3NO4/c1-12-19(16-10-13(30-3)8-9-18(16)27(12)2)14-6-4-5-7-15(14)20-17(11-23(24,25)26)21(28)31-22(20)29/h8-10H,4-7,11H2,1-3H3. The van der Waals surface area contributed by atoms with Gasteiger partial charge in [-0.3, -0.25) is 0 Å². The summed E-state index contributed by atoms with van der Waals surface area (Å²) in [4.78, 5) is 24.6. The summed E-state index contributed by atoms with van der Waals surface area (Å²) < 4.78 is 51.4. The van der Waals surface area contributed by atoms with Crippen LogP contribution in [0.25, 0.3) is 16.5 Å². The number of cyclic esters (lactones) is 2. The molecule has 0 saturated carbocycles. The highest BCUT2D eigenvalue weighted by atomic mass is 19.4. The first-order valence-corrected chi connectivity index (χ1v) is 10.0. The molecule has 0 N–H and O–H groups in total. The highest BCUT2D eigenvalue weighted by Crippen LogP contribution is 2.45. The lowest BCUT2D eigenvalue weighted by molar-refractivity contribution is -0.154. The number of allylic oxidation sites excluding steroid dienone is 1. The van der Waals surface area contributed by atoms with Crippen molar-refractivity contribution in [3.8, 4) is 5.75 Å². The van der Waals surface area contributed by atoms with E-state index >= 15 is 0 Å². The molecule has 31 heavy (non-hydrogen) atoms. The van der Waals surface area contributed by atoms with E-state index in [2.05, 4.69) is 4.74 Å². The fourth-order valence-electron chi connectivity index (χ4n) is 4.60. The smallest absolute Gasteiger partial charge is 0.393 e. The zero-order valence-electron chi connectivity index (χ0n) is 17.5. The van der Waals surface area contributed by atoms with Crippen molar-refractivity contribution in [2.24, 2.45) is 7.05 Å². The molecule has 0 saturated heterocycles. The molecule has 0 bridgehead atoms. The Morgan fingerprint density at radius 1 is 1.10 bits per heavy atom. The lowest BCUT2D eigenvalue weighted by Crippen LogP contribution is -2.14. The van der Waals surface area contributed by atoms with E-state index in [4.69, 9.17) is 4.74 Å². The number of benzene rings is 1. The van der Waals surface area contributed by atoms with Crippen LogP contribution in [0.5, 0.6) is 5.75 Å². The maximum Gasteiger partial charge on any atom is 0.393 e. The van der Waals surface area contributed by atoms with E-state index in [0.717, 1.165) is 40.6 Å². The van der Waals surface area contributed by atoms with Crippen LogP contribution >= 0.6 is 0 Å². The maximum atomic E-state index is 13.1. The first kappa shape index (κ1) is 21.2. The Bertz CT molecular complexity index is 1170. The summed E-state index contributed by atoms with van der Waals surface area (Å²) in [6.45, 7) is 1.93. The monoisotopic (exact) mass is 433 g/mol. The van der Waals surface area contributed by atoms with Crippen LogP contribution in [-0.4, -0.2) is 29.8 Å². The Kier molecular flexibility index (Phi) is 5.19. The second kappa shape index (κ2) is 7.59. The molecule has 0 spiro atoms. The number of hydrogen-bond acceptors (Lipinski definition) is 4. The summed E-state index contributed by atoms with van der Waals surface area (Å²) in [5.41, 5.74) is 3.22. The summed E-state index contributed by atoms with van der Waals surface area (Å²) in [6, 6.07) is 5.66. The number of nitrogens with zero attached hydrogens (tertiary/aromatic N) is 1. The number of halogens is 3. The normalized spacial score (nSPS) is 17.7. The molecule has 0 amide bonds. The van der Waals surface area contributed by atoms with Crippen LogP contribution in [0.3, 0.4) is 0 Å². The van der Waals surface area contributed by atoms with E-state index in [9.17, 15) is 22.8 Å². The van der Waals surface area contributed by atoms with E-state index in [1.54, 1.807) is 7.11 Å². The number of carbonyl (C=O) groups excluding carboxylic acids is 2. The van der Waals surface area contributed by atoms with Gasteiger partial charge in [0.2, 0.25) is 0 Å². The van der Waals surface area contributed by atoms with Crippen molar-refractivity contribution in [3.05, 3.63) is 46.2 Å². The summed E-state index contributed by atoms with van der Waals surface area (Å²) in [6.07, 6.45) is -3.54. The molecule has 0 radical (unpaired) electrons. The molecule has 8 heteroatoms.